The van der Waals surface area contributed by atoms with E-state index in [0.717, 1.165) is 30.3 Å². The number of unbranched alkanes of at least 4 members (excludes halogenated alkanes) is 1. The lowest BCUT2D eigenvalue weighted by Crippen LogP contribution is -2.28. The number of rotatable bonds is 9. The SMILES string of the molecule is CCCCn1c(=O)c2ccccc2n2c(SCC(=O)N(C)Cc3ccc(CC)cc3)nnc12. The molecule has 7 nitrogen and oxygen atoms in total. The van der Waals surface area contributed by atoms with Gasteiger partial charge in [0.05, 0.1) is 16.7 Å². The second kappa shape index (κ2) is 10.2. The Morgan fingerprint density at radius 1 is 1.03 bits per heavy atom. The van der Waals surface area contributed by atoms with E-state index in [1.807, 2.05) is 35.7 Å². The third kappa shape index (κ3) is 4.80. The molecule has 0 aliphatic rings. The van der Waals surface area contributed by atoms with Crippen molar-refractivity contribution in [1.29, 1.82) is 0 Å². The Balaban J connectivity index is 1.56. The first-order valence-electron chi connectivity index (χ1n) is 11.3. The van der Waals surface area contributed by atoms with Crippen molar-refractivity contribution in [2.24, 2.45) is 0 Å². The summed E-state index contributed by atoms with van der Waals surface area (Å²) >= 11 is 1.35. The molecule has 0 N–H and O–H groups in total. The smallest absolute Gasteiger partial charge is 0.262 e. The molecule has 0 radical (unpaired) electrons. The molecule has 4 rings (SSSR count). The van der Waals surface area contributed by atoms with Crippen molar-refractivity contribution in [2.75, 3.05) is 12.8 Å². The number of aryl methyl sites for hydroxylation is 2. The van der Waals surface area contributed by atoms with E-state index in [-0.39, 0.29) is 17.2 Å². The predicted octanol–water partition coefficient (Wildman–Crippen LogP) is 4.16. The fourth-order valence-electron chi connectivity index (χ4n) is 3.82. The number of fused-ring (bicyclic) bond motifs is 3. The lowest BCUT2D eigenvalue weighted by molar-refractivity contribution is -0.127. The zero-order chi connectivity index (χ0) is 23.4. The molecule has 0 bridgehead atoms. The molecule has 0 fully saturated rings. The van der Waals surface area contributed by atoms with Crippen molar-refractivity contribution in [1.82, 2.24) is 24.1 Å². The normalized spacial score (nSPS) is 11.4. The summed E-state index contributed by atoms with van der Waals surface area (Å²) in [7, 11) is 1.82. The second-order valence-corrected chi connectivity index (χ2v) is 9.10. The minimum atomic E-state index is -0.0552. The van der Waals surface area contributed by atoms with E-state index in [2.05, 4.69) is 48.3 Å². The summed E-state index contributed by atoms with van der Waals surface area (Å²) in [5, 5.41) is 9.89. The number of aromatic nitrogens is 4. The van der Waals surface area contributed by atoms with Crippen LogP contribution >= 0.6 is 11.8 Å². The molecule has 1 amide bonds. The van der Waals surface area contributed by atoms with Crippen LogP contribution in [0.3, 0.4) is 0 Å². The van der Waals surface area contributed by atoms with Crippen molar-refractivity contribution in [3.8, 4) is 0 Å². The molecule has 2 heterocycles. The summed E-state index contributed by atoms with van der Waals surface area (Å²) in [5.41, 5.74) is 3.09. The van der Waals surface area contributed by atoms with Crippen molar-refractivity contribution >= 4 is 34.3 Å². The van der Waals surface area contributed by atoms with Gasteiger partial charge in [-0.2, -0.15) is 0 Å². The number of nitrogens with zero attached hydrogens (tertiary/aromatic N) is 5. The summed E-state index contributed by atoms with van der Waals surface area (Å²) in [4.78, 5) is 27.6. The Bertz CT molecular complexity index is 1330. The van der Waals surface area contributed by atoms with Gasteiger partial charge in [-0.25, -0.2) is 0 Å². The Hall–Kier alpha value is -3.13. The van der Waals surface area contributed by atoms with Crippen LogP contribution < -0.4 is 5.56 Å². The third-order valence-electron chi connectivity index (χ3n) is 5.81. The van der Waals surface area contributed by atoms with Gasteiger partial charge in [-0.3, -0.25) is 18.6 Å². The van der Waals surface area contributed by atoms with Crippen LogP contribution in [0.5, 0.6) is 0 Å². The van der Waals surface area contributed by atoms with E-state index in [1.54, 1.807) is 9.47 Å². The number of hydrogen-bond donors (Lipinski definition) is 0. The van der Waals surface area contributed by atoms with E-state index >= 15 is 0 Å². The largest absolute Gasteiger partial charge is 0.341 e. The molecule has 33 heavy (non-hydrogen) atoms. The fraction of sp³-hybridized carbons (Fsp3) is 0.360. The Kier molecular flexibility index (Phi) is 7.13. The number of para-hydroxylation sites is 1. The van der Waals surface area contributed by atoms with Gasteiger partial charge in [-0.05, 0) is 36.1 Å². The summed E-state index contributed by atoms with van der Waals surface area (Å²) in [6.45, 7) is 5.37. The Morgan fingerprint density at radius 3 is 2.48 bits per heavy atom. The molecule has 0 saturated heterocycles. The van der Waals surface area contributed by atoms with Gasteiger partial charge in [-0.15, -0.1) is 10.2 Å². The lowest BCUT2D eigenvalue weighted by Gasteiger charge is -2.17. The maximum Gasteiger partial charge on any atom is 0.262 e. The van der Waals surface area contributed by atoms with Crippen molar-refractivity contribution in [2.45, 2.75) is 51.4 Å². The predicted molar refractivity (Wildman–Crippen MR) is 133 cm³/mol. The third-order valence-corrected chi connectivity index (χ3v) is 6.73. The first kappa shape index (κ1) is 23.0. The Morgan fingerprint density at radius 2 is 1.76 bits per heavy atom. The number of carbonyl (C=O) groups excluding carboxylic acids is 1. The monoisotopic (exact) mass is 463 g/mol. The lowest BCUT2D eigenvalue weighted by atomic mass is 10.1. The van der Waals surface area contributed by atoms with Crippen LogP contribution in [0.2, 0.25) is 0 Å². The number of carbonyl (C=O) groups is 1. The van der Waals surface area contributed by atoms with Crippen LogP contribution in [0.4, 0.5) is 0 Å². The van der Waals surface area contributed by atoms with E-state index in [0.29, 0.717) is 29.4 Å². The van der Waals surface area contributed by atoms with Crippen molar-refractivity contribution in [3.05, 3.63) is 70.0 Å². The highest BCUT2D eigenvalue weighted by molar-refractivity contribution is 7.99. The molecule has 8 heteroatoms. The highest BCUT2D eigenvalue weighted by Crippen LogP contribution is 2.22. The quantitative estimate of drug-likeness (QED) is 0.349. The minimum absolute atomic E-state index is 0.0138. The summed E-state index contributed by atoms with van der Waals surface area (Å²) < 4.78 is 3.59. The summed E-state index contributed by atoms with van der Waals surface area (Å²) in [5.74, 6) is 0.777. The van der Waals surface area contributed by atoms with Crippen LogP contribution in [0.25, 0.3) is 16.7 Å². The number of amides is 1. The fourth-order valence-corrected chi connectivity index (χ4v) is 4.70. The highest BCUT2D eigenvalue weighted by Gasteiger charge is 2.18. The van der Waals surface area contributed by atoms with Crippen molar-refractivity contribution in [3.63, 3.8) is 0 Å². The van der Waals surface area contributed by atoms with E-state index in [9.17, 15) is 9.59 Å². The topological polar surface area (TPSA) is 72.5 Å². The van der Waals surface area contributed by atoms with Crippen LogP contribution in [0.15, 0.2) is 58.5 Å². The molecule has 172 valence electrons. The molecule has 2 aromatic heterocycles. The maximum absolute atomic E-state index is 13.0. The molecule has 0 aliphatic carbocycles. The molecular formula is C25H29N5O2S. The summed E-state index contributed by atoms with van der Waals surface area (Å²) in [6, 6.07) is 15.8. The molecule has 0 spiro atoms. The van der Waals surface area contributed by atoms with Gasteiger partial charge < -0.3 is 4.90 Å². The van der Waals surface area contributed by atoms with Crippen LogP contribution in [0.1, 0.15) is 37.8 Å². The van der Waals surface area contributed by atoms with E-state index < -0.39 is 0 Å². The standard InChI is InChI=1S/C25H29N5O2S/c1-4-6-15-29-23(32)20-9-7-8-10-21(20)30-24(29)26-27-25(30)33-17-22(31)28(3)16-19-13-11-18(5-2)12-14-19/h7-14H,4-6,15-17H2,1-3H3. The molecule has 2 aromatic carbocycles. The Labute approximate surface area is 197 Å². The first-order valence-corrected chi connectivity index (χ1v) is 12.3. The van der Waals surface area contributed by atoms with Gasteiger partial charge in [0.15, 0.2) is 5.16 Å². The zero-order valence-corrected chi connectivity index (χ0v) is 20.1. The molecule has 0 aliphatic heterocycles. The number of thioether (sulfide) groups is 1. The van der Waals surface area contributed by atoms with Crippen LogP contribution in [-0.4, -0.2) is 42.8 Å². The first-order chi connectivity index (χ1) is 16.0. The van der Waals surface area contributed by atoms with Gasteiger partial charge in [0.2, 0.25) is 11.7 Å². The van der Waals surface area contributed by atoms with E-state index in [1.165, 1.54) is 17.3 Å². The van der Waals surface area contributed by atoms with Gasteiger partial charge in [0.25, 0.3) is 5.56 Å². The molecular weight excluding hydrogens is 434 g/mol. The molecule has 4 aromatic rings. The minimum Gasteiger partial charge on any atom is -0.341 e. The van der Waals surface area contributed by atoms with Gasteiger partial charge in [0, 0.05) is 20.1 Å². The molecule has 0 atom stereocenters. The van der Waals surface area contributed by atoms with E-state index in [4.69, 9.17) is 0 Å². The number of benzene rings is 2. The molecule has 0 saturated carbocycles. The van der Waals surface area contributed by atoms with Crippen molar-refractivity contribution < 1.29 is 4.79 Å². The average Bonchev–Trinajstić information content (AvgIpc) is 3.27. The number of hydrogen-bond acceptors (Lipinski definition) is 5. The van der Waals surface area contributed by atoms with Crippen LogP contribution in [0, 0.1) is 0 Å². The summed E-state index contributed by atoms with van der Waals surface area (Å²) in [6.07, 6.45) is 2.86. The zero-order valence-electron chi connectivity index (χ0n) is 19.3. The van der Waals surface area contributed by atoms with Gasteiger partial charge in [0.1, 0.15) is 0 Å². The van der Waals surface area contributed by atoms with Gasteiger partial charge >= 0.3 is 0 Å². The average molecular weight is 464 g/mol. The highest BCUT2D eigenvalue weighted by atomic mass is 32.2. The maximum atomic E-state index is 13.0. The molecule has 0 unspecified atom stereocenters. The van der Waals surface area contributed by atoms with Crippen LogP contribution in [-0.2, 0) is 24.3 Å². The second-order valence-electron chi connectivity index (χ2n) is 8.15. The van der Waals surface area contributed by atoms with Gasteiger partial charge in [-0.1, -0.05) is 68.4 Å².